The van der Waals surface area contributed by atoms with Crippen LogP contribution in [0.2, 0.25) is 0 Å². The summed E-state index contributed by atoms with van der Waals surface area (Å²) in [5.74, 6) is 0.925. The molecule has 0 radical (unpaired) electrons. The first-order valence-electron chi connectivity index (χ1n) is 8.18. The number of ether oxygens (including phenoxy) is 1. The van der Waals surface area contributed by atoms with E-state index in [0.717, 1.165) is 19.4 Å². The Morgan fingerprint density at radius 3 is 2.52 bits per heavy atom. The van der Waals surface area contributed by atoms with Crippen LogP contribution in [0, 0.1) is 35.0 Å². The highest BCUT2D eigenvalue weighted by Crippen LogP contribution is 2.61. The van der Waals surface area contributed by atoms with Crippen LogP contribution in [0.5, 0.6) is 0 Å². The summed E-state index contributed by atoms with van der Waals surface area (Å²) in [6.45, 7) is 7.22. The Morgan fingerprint density at radius 2 is 1.95 bits per heavy atom. The molecule has 0 spiro atoms. The number of carbonyl (C=O) groups is 2. The molecule has 6 atom stereocenters. The zero-order valence-corrected chi connectivity index (χ0v) is 13.8. The van der Waals surface area contributed by atoms with Gasteiger partial charge in [0.25, 0.3) is 0 Å². The number of ketones is 1. The normalized spacial score (nSPS) is 45.4. The van der Waals surface area contributed by atoms with Gasteiger partial charge in [0, 0.05) is 17.9 Å². The fourth-order valence-corrected chi connectivity index (χ4v) is 5.30. The van der Waals surface area contributed by atoms with E-state index in [1.165, 1.54) is 0 Å². The molecule has 0 unspecified atom stereocenters. The van der Waals surface area contributed by atoms with E-state index in [4.69, 9.17) is 4.74 Å². The van der Waals surface area contributed by atoms with Crippen molar-refractivity contribution in [2.75, 3.05) is 20.6 Å². The number of hydrogen-bond acceptors (Lipinski definition) is 4. The van der Waals surface area contributed by atoms with Gasteiger partial charge in [-0.2, -0.15) is 0 Å². The molecule has 3 aliphatic rings. The summed E-state index contributed by atoms with van der Waals surface area (Å²) in [4.78, 5) is 27.6. The van der Waals surface area contributed by atoms with Crippen LogP contribution in [0.25, 0.3) is 0 Å². The lowest BCUT2D eigenvalue weighted by molar-refractivity contribution is -0.152. The number of fused-ring (bicyclic) bond motifs is 4. The monoisotopic (exact) mass is 293 g/mol. The molecule has 2 aliphatic carbocycles. The van der Waals surface area contributed by atoms with Crippen LogP contribution in [0.3, 0.4) is 0 Å². The lowest BCUT2D eigenvalue weighted by atomic mass is 9.55. The maximum absolute atomic E-state index is 13.1. The minimum Gasteiger partial charge on any atom is -0.454 e. The summed E-state index contributed by atoms with van der Waals surface area (Å²) < 4.78 is 5.52. The molecular formula is C17H27NO3. The van der Waals surface area contributed by atoms with Crippen molar-refractivity contribution in [2.45, 2.75) is 39.7 Å². The van der Waals surface area contributed by atoms with E-state index in [2.05, 4.69) is 39.8 Å². The zero-order valence-electron chi connectivity index (χ0n) is 13.8. The molecule has 2 bridgehead atoms. The lowest BCUT2D eigenvalue weighted by Crippen LogP contribution is -2.55. The molecule has 1 saturated heterocycles. The topological polar surface area (TPSA) is 46.6 Å². The SMILES string of the molecule is CC(C)[C@H]1[C@H]2C(=O)O[C@H]1C(=O)[C@]1(C)[C@@H](CN(C)C)CC[C@@H]21. The Bertz CT molecular complexity index is 473. The van der Waals surface area contributed by atoms with E-state index < -0.39 is 6.10 Å². The third-order valence-electron chi connectivity index (χ3n) is 6.30. The van der Waals surface area contributed by atoms with Crippen molar-refractivity contribution in [1.82, 2.24) is 4.90 Å². The molecule has 0 aromatic rings. The molecule has 0 aromatic heterocycles. The van der Waals surface area contributed by atoms with Crippen LogP contribution < -0.4 is 0 Å². The Hall–Kier alpha value is -0.900. The molecule has 0 aromatic carbocycles. The van der Waals surface area contributed by atoms with Crippen LogP contribution in [-0.4, -0.2) is 43.4 Å². The summed E-state index contributed by atoms with van der Waals surface area (Å²) in [6.07, 6.45) is 1.54. The molecule has 0 amide bonds. The Kier molecular flexibility index (Phi) is 3.43. The van der Waals surface area contributed by atoms with Crippen molar-refractivity contribution >= 4 is 11.8 Å². The number of Topliss-reactive ketones (excluding diaryl/α,β-unsaturated/α-hetero) is 1. The van der Waals surface area contributed by atoms with E-state index in [9.17, 15) is 9.59 Å². The fourth-order valence-electron chi connectivity index (χ4n) is 5.30. The molecule has 4 heteroatoms. The predicted molar refractivity (Wildman–Crippen MR) is 79.6 cm³/mol. The Morgan fingerprint density at radius 1 is 1.29 bits per heavy atom. The highest BCUT2D eigenvalue weighted by Gasteiger charge is 2.68. The van der Waals surface area contributed by atoms with Gasteiger partial charge in [0.2, 0.25) is 0 Å². The molecule has 3 fully saturated rings. The Balaban J connectivity index is 1.99. The molecule has 4 nitrogen and oxygen atoms in total. The minimum atomic E-state index is -0.494. The summed E-state index contributed by atoms with van der Waals surface area (Å²) in [6, 6.07) is 0. The third-order valence-corrected chi connectivity index (χ3v) is 6.30. The van der Waals surface area contributed by atoms with Gasteiger partial charge >= 0.3 is 5.97 Å². The minimum absolute atomic E-state index is 0.0649. The van der Waals surface area contributed by atoms with Crippen LogP contribution in [0.4, 0.5) is 0 Å². The van der Waals surface area contributed by atoms with Gasteiger partial charge in [0.05, 0.1) is 5.92 Å². The number of rotatable bonds is 3. The van der Waals surface area contributed by atoms with Crippen LogP contribution in [0.1, 0.15) is 33.6 Å². The van der Waals surface area contributed by atoms with Crippen molar-refractivity contribution in [3.63, 3.8) is 0 Å². The van der Waals surface area contributed by atoms with Gasteiger partial charge in [-0.05, 0) is 44.7 Å². The fraction of sp³-hybridized carbons (Fsp3) is 0.882. The zero-order chi connectivity index (χ0) is 15.5. The molecule has 0 N–H and O–H groups in total. The first kappa shape index (κ1) is 15.0. The van der Waals surface area contributed by atoms with Crippen LogP contribution in [0.15, 0.2) is 0 Å². The first-order chi connectivity index (χ1) is 9.78. The van der Waals surface area contributed by atoms with E-state index in [1.807, 2.05) is 0 Å². The highest BCUT2D eigenvalue weighted by atomic mass is 16.6. The number of hydrogen-bond donors (Lipinski definition) is 0. The van der Waals surface area contributed by atoms with Crippen LogP contribution >= 0.6 is 0 Å². The van der Waals surface area contributed by atoms with Crippen molar-refractivity contribution in [3.8, 4) is 0 Å². The maximum atomic E-state index is 13.1. The van der Waals surface area contributed by atoms with Crippen molar-refractivity contribution in [2.24, 2.45) is 35.0 Å². The second-order valence-electron chi connectivity index (χ2n) is 7.99. The van der Waals surface area contributed by atoms with Crippen molar-refractivity contribution < 1.29 is 14.3 Å². The standard InChI is InChI=1S/C17H27NO3/c1-9(2)12-13-11-7-6-10(8-18(4)5)17(11,3)15(19)14(12)21-16(13)20/h9-14H,6-8H2,1-5H3/t10-,11+,12+,13+,14-,17-/m1/s1. The summed E-state index contributed by atoms with van der Waals surface area (Å²) >= 11 is 0. The van der Waals surface area contributed by atoms with E-state index in [0.29, 0.717) is 11.8 Å². The van der Waals surface area contributed by atoms with E-state index in [1.54, 1.807) is 0 Å². The van der Waals surface area contributed by atoms with E-state index in [-0.39, 0.29) is 34.9 Å². The molecule has 2 saturated carbocycles. The van der Waals surface area contributed by atoms with Gasteiger partial charge in [-0.25, -0.2) is 0 Å². The largest absolute Gasteiger partial charge is 0.454 e. The summed E-state index contributed by atoms with van der Waals surface area (Å²) in [5, 5.41) is 0. The van der Waals surface area contributed by atoms with Gasteiger partial charge in [-0.3, -0.25) is 9.59 Å². The van der Waals surface area contributed by atoms with Crippen molar-refractivity contribution in [3.05, 3.63) is 0 Å². The highest BCUT2D eigenvalue weighted by molar-refractivity contribution is 5.97. The third kappa shape index (κ3) is 1.91. The summed E-state index contributed by atoms with van der Waals surface area (Å²) in [5.41, 5.74) is -0.378. The predicted octanol–water partition coefficient (Wildman–Crippen LogP) is 1.98. The second-order valence-corrected chi connectivity index (χ2v) is 7.99. The molecule has 1 aliphatic heterocycles. The molecule has 1 heterocycles. The number of carbonyl (C=O) groups excluding carboxylic acids is 2. The van der Waals surface area contributed by atoms with Gasteiger partial charge in [0.15, 0.2) is 11.9 Å². The molecular weight excluding hydrogens is 266 g/mol. The maximum Gasteiger partial charge on any atom is 0.310 e. The smallest absolute Gasteiger partial charge is 0.310 e. The van der Waals surface area contributed by atoms with Crippen molar-refractivity contribution in [1.29, 1.82) is 0 Å². The number of esters is 1. The average Bonchev–Trinajstić information content (AvgIpc) is 2.85. The number of nitrogens with zero attached hydrogens (tertiary/aromatic N) is 1. The second kappa shape index (κ2) is 4.80. The first-order valence-corrected chi connectivity index (χ1v) is 8.18. The van der Waals surface area contributed by atoms with Gasteiger partial charge < -0.3 is 9.64 Å². The van der Waals surface area contributed by atoms with Gasteiger partial charge in [-0.15, -0.1) is 0 Å². The van der Waals surface area contributed by atoms with Crippen LogP contribution in [-0.2, 0) is 14.3 Å². The van der Waals surface area contributed by atoms with Gasteiger partial charge in [0.1, 0.15) is 0 Å². The van der Waals surface area contributed by atoms with E-state index >= 15 is 0 Å². The van der Waals surface area contributed by atoms with Gasteiger partial charge in [-0.1, -0.05) is 20.8 Å². The summed E-state index contributed by atoms with van der Waals surface area (Å²) in [7, 11) is 4.11. The lowest BCUT2D eigenvalue weighted by Gasteiger charge is -2.45. The molecule has 21 heavy (non-hydrogen) atoms. The Labute approximate surface area is 127 Å². The molecule has 118 valence electrons. The molecule has 3 rings (SSSR count). The average molecular weight is 293 g/mol. The quantitative estimate of drug-likeness (QED) is 0.747.